The highest BCUT2D eigenvalue weighted by molar-refractivity contribution is 5.92. The lowest BCUT2D eigenvalue weighted by atomic mass is 9.99. The van der Waals surface area contributed by atoms with Gasteiger partial charge in [0.2, 0.25) is 0 Å². The van der Waals surface area contributed by atoms with Crippen LogP contribution in [-0.2, 0) is 19.5 Å². The zero-order valence-corrected chi connectivity index (χ0v) is 14.7. The SMILES string of the molecule is c1ccc2c(c1)CCN(Cc1ccc(-c3ccnc4[nH]ccc34)cc1)C2. The predicted octanol–water partition coefficient (Wildman–Crippen LogP) is 4.79. The number of nitrogens with zero attached hydrogens (tertiary/aromatic N) is 2. The van der Waals surface area contributed by atoms with Crippen LogP contribution in [0.15, 0.2) is 73.1 Å². The standard InChI is InChI=1S/C23H21N3/c1-2-4-20-16-26(14-11-18(20)3-1)15-17-5-7-19(8-6-17)21-9-12-24-23-22(21)10-13-25-23/h1-10,12-13H,11,14-16H2,(H,24,25). The molecule has 0 saturated heterocycles. The van der Waals surface area contributed by atoms with Crippen molar-refractivity contribution in [1.29, 1.82) is 0 Å². The summed E-state index contributed by atoms with van der Waals surface area (Å²) in [7, 11) is 0. The third-order valence-corrected chi connectivity index (χ3v) is 5.34. The van der Waals surface area contributed by atoms with Crippen molar-refractivity contribution in [3.8, 4) is 11.1 Å². The first-order valence-corrected chi connectivity index (χ1v) is 9.17. The maximum atomic E-state index is 4.38. The molecule has 0 fully saturated rings. The maximum absolute atomic E-state index is 4.38. The third kappa shape index (κ3) is 2.80. The lowest BCUT2D eigenvalue weighted by Gasteiger charge is -2.28. The van der Waals surface area contributed by atoms with E-state index in [0.717, 1.165) is 31.7 Å². The molecule has 26 heavy (non-hydrogen) atoms. The lowest BCUT2D eigenvalue weighted by molar-refractivity contribution is 0.245. The van der Waals surface area contributed by atoms with Crippen LogP contribution in [0.25, 0.3) is 22.2 Å². The second kappa shape index (κ2) is 6.43. The molecule has 1 aliphatic rings. The minimum absolute atomic E-state index is 0.943. The summed E-state index contributed by atoms with van der Waals surface area (Å²) < 4.78 is 0. The lowest BCUT2D eigenvalue weighted by Crippen LogP contribution is -2.29. The van der Waals surface area contributed by atoms with Gasteiger partial charge in [-0.15, -0.1) is 0 Å². The first-order valence-electron chi connectivity index (χ1n) is 9.17. The van der Waals surface area contributed by atoms with E-state index in [0.29, 0.717) is 0 Å². The summed E-state index contributed by atoms with van der Waals surface area (Å²) in [6, 6.07) is 22.0. The highest BCUT2D eigenvalue weighted by atomic mass is 15.1. The molecule has 0 aliphatic carbocycles. The number of fused-ring (bicyclic) bond motifs is 2. The zero-order chi connectivity index (χ0) is 17.3. The van der Waals surface area contributed by atoms with Crippen LogP contribution in [0.5, 0.6) is 0 Å². The highest BCUT2D eigenvalue weighted by Gasteiger charge is 2.15. The van der Waals surface area contributed by atoms with Gasteiger partial charge in [-0.25, -0.2) is 4.98 Å². The van der Waals surface area contributed by atoms with Crippen molar-refractivity contribution in [2.75, 3.05) is 6.54 Å². The van der Waals surface area contributed by atoms with Crippen LogP contribution in [0, 0.1) is 0 Å². The van der Waals surface area contributed by atoms with Crippen LogP contribution >= 0.6 is 0 Å². The Balaban J connectivity index is 1.35. The number of pyridine rings is 1. The summed E-state index contributed by atoms with van der Waals surface area (Å²) in [6.07, 6.45) is 4.97. The van der Waals surface area contributed by atoms with Crippen molar-refractivity contribution < 1.29 is 0 Å². The van der Waals surface area contributed by atoms with Gasteiger partial charge in [-0.1, -0.05) is 48.5 Å². The number of nitrogens with one attached hydrogen (secondary N) is 1. The highest BCUT2D eigenvalue weighted by Crippen LogP contribution is 2.27. The summed E-state index contributed by atoms with van der Waals surface area (Å²) in [4.78, 5) is 10.1. The van der Waals surface area contributed by atoms with E-state index in [2.05, 4.69) is 75.5 Å². The minimum Gasteiger partial charge on any atom is -0.346 e. The fourth-order valence-electron chi connectivity index (χ4n) is 3.95. The number of benzene rings is 2. The number of H-pyrrole nitrogens is 1. The van der Waals surface area contributed by atoms with E-state index in [1.807, 2.05) is 12.4 Å². The Hall–Kier alpha value is -2.91. The second-order valence-electron chi connectivity index (χ2n) is 7.02. The molecule has 0 saturated carbocycles. The van der Waals surface area contributed by atoms with Gasteiger partial charge in [0.15, 0.2) is 0 Å². The van der Waals surface area contributed by atoms with E-state index < -0.39 is 0 Å². The predicted molar refractivity (Wildman–Crippen MR) is 106 cm³/mol. The van der Waals surface area contributed by atoms with Crippen molar-refractivity contribution >= 4 is 11.0 Å². The Morgan fingerprint density at radius 3 is 2.65 bits per heavy atom. The molecule has 1 N–H and O–H groups in total. The Morgan fingerprint density at radius 2 is 1.77 bits per heavy atom. The first-order chi connectivity index (χ1) is 12.9. The van der Waals surface area contributed by atoms with Crippen molar-refractivity contribution in [3.63, 3.8) is 0 Å². The number of hydrogen-bond donors (Lipinski definition) is 1. The molecule has 0 bridgehead atoms. The second-order valence-corrected chi connectivity index (χ2v) is 7.02. The topological polar surface area (TPSA) is 31.9 Å². The van der Waals surface area contributed by atoms with E-state index in [4.69, 9.17) is 0 Å². The molecule has 5 rings (SSSR count). The summed E-state index contributed by atoms with van der Waals surface area (Å²) in [6.45, 7) is 3.18. The Kier molecular flexibility index (Phi) is 3.80. The van der Waals surface area contributed by atoms with Gasteiger partial charge >= 0.3 is 0 Å². The van der Waals surface area contributed by atoms with E-state index in [9.17, 15) is 0 Å². The molecule has 3 heterocycles. The Bertz CT molecular complexity index is 1050. The van der Waals surface area contributed by atoms with E-state index in [1.54, 1.807) is 0 Å². The molecule has 0 amide bonds. The van der Waals surface area contributed by atoms with Crippen LogP contribution < -0.4 is 0 Å². The molecule has 1 aliphatic heterocycles. The molecule has 2 aromatic carbocycles. The van der Waals surface area contributed by atoms with Gasteiger partial charge in [-0.05, 0) is 46.4 Å². The van der Waals surface area contributed by atoms with Gasteiger partial charge in [0.05, 0.1) is 0 Å². The molecule has 0 spiro atoms. The van der Waals surface area contributed by atoms with E-state index in [-0.39, 0.29) is 0 Å². The maximum Gasteiger partial charge on any atom is 0.137 e. The van der Waals surface area contributed by atoms with Crippen molar-refractivity contribution in [2.24, 2.45) is 0 Å². The van der Waals surface area contributed by atoms with E-state index in [1.165, 1.54) is 33.2 Å². The van der Waals surface area contributed by atoms with Crippen molar-refractivity contribution in [2.45, 2.75) is 19.5 Å². The van der Waals surface area contributed by atoms with Gasteiger partial charge in [0, 0.05) is 37.4 Å². The number of aromatic nitrogens is 2. The van der Waals surface area contributed by atoms with Crippen molar-refractivity contribution in [3.05, 3.63) is 89.7 Å². The van der Waals surface area contributed by atoms with Gasteiger partial charge in [0.25, 0.3) is 0 Å². The number of rotatable bonds is 3. The fraction of sp³-hybridized carbons (Fsp3) is 0.174. The molecule has 128 valence electrons. The quantitative estimate of drug-likeness (QED) is 0.582. The molecule has 0 radical (unpaired) electrons. The summed E-state index contributed by atoms with van der Waals surface area (Å²) in [5.74, 6) is 0. The van der Waals surface area contributed by atoms with Crippen LogP contribution in [0.1, 0.15) is 16.7 Å². The number of aromatic amines is 1. The summed E-state index contributed by atoms with van der Waals surface area (Å²) >= 11 is 0. The molecule has 0 atom stereocenters. The fourth-order valence-corrected chi connectivity index (χ4v) is 3.95. The van der Waals surface area contributed by atoms with Crippen LogP contribution in [-0.4, -0.2) is 21.4 Å². The molecule has 3 nitrogen and oxygen atoms in total. The zero-order valence-electron chi connectivity index (χ0n) is 14.7. The molecule has 3 heteroatoms. The molecular weight excluding hydrogens is 318 g/mol. The van der Waals surface area contributed by atoms with Gasteiger partial charge in [-0.2, -0.15) is 0 Å². The molecular formula is C23H21N3. The smallest absolute Gasteiger partial charge is 0.137 e. The average Bonchev–Trinajstić information content (AvgIpc) is 3.17. The van der Waals surface area contributed by atoms with Gasteiger partial charge in [-0.3, -0.25) is 4.90 Å². The largest absolute Gasteiger partial charge is 0.346 e. The van der Waals surface area contributed by atoms with Gasteiger partial charge < -0.3 is 4.98 Å². The van der Waals surface area contributed by atoms with Crippen LogP contribution in [0.4, 0.5) is 0 Å². The monoisotopic (exact) mass is 339 g/mol. The van der Waals surface area contributed by atoms with Crippen LogP contribution in [0.3, 0.4) is 0 Å². The van der Waals surface area contributed by atoms with Crippen molar-refractivity contribution in [1.82, 2.24) is 14.9 Å². The molecule has 0 unspecified atom stereocenters. The third-order valence-electron chi connectivity index (χ3n) is 5.34. The Labute approximate surface area is 153 Å². The molecule has 4 aromatic rings. The summed E-state index contributed by atoms with van der Waals surface area (Å²) in [5.41, 5.74) is 7.76. The minimum atomic E-state index is 0.943. The Morgan fingerprint density at radius 1 is 0.923 bits per heavy atom. The molecule has 2 aromatic heterocycles. The van der Waals surface area contributed by atoms with E-state index >= 15 is 0 Å². The average molecular weight is 339 g/mol. The van der Waals surface area contributed by atoms with Crippen LogP contribution in [0.2, 0.25) is 0 Å². The normalized spacial score (nSPS) is 14.5. The summed E-state index contributed by atoms with van der Waals surface area (Å²) in [5, 5.41) is 1.17. The first kappa shape index (κ1) is 15.4. The number of hydrogen-bond acceptors (Lipinski definition) is 2. The van der Waals surface area contributed by atoms with Gasteiger partial charge in [0.1, 0.15) is 5.65 Å².